The number of anilines is 1. The number of carboxylic acid groups (broad SMARTS) is 1. The van der Waals surface area contributed by atoms with Gasteiger partial charge in [-0.25, -0.2) is 4.39 Å². The Morgan fingerprint density at radius 1 is 1.58 bits per heavy atom. The van der Waals surface area contributed by atoms with Crippen LogP contribution in [0.3, 0.4) is 0 Å². The van der Waals surface area contributed by atoms with Gasteiger partial charge in [0.25, 0.3) is 0 Å². The minimum atomic E-state index is -1.25. The van der Waals surface area contributed by atoms with Crippen molar-refractivity contribution in [1.29, 1.82) is 0 Å². The van der Waals surface area contributed by atoms with E-state index in [1.807, 2.05) is 11.8 Å². The van der Waals surface area contributed by atoms with Gasteiger partial charge in [0.1, 0.15) is 11.4 Å². The van der Waals surface area contributed by atoms with E-state index in [4.69, 9.17) is 5.73 Å². The highest BCUT2D eigenvalue weighted by Gasteiger charge is 2.49. The monoisotopic (exact) mass is 266 g/mol. The second-order valence-electron chi connectivity index (χ2n) is 5.11. The van der Waals surface area contributed by atoms with E-state index in [2.05, 4.69) is 0 Å². The Balaban J connectivity index is 2.20. The topological polar surface area (TPSA) is 66.6 Å². The molecule has 1 saturated carbocycles. The maximum Gasteiger partial charge on any atom is 0.325 e. The van der Waals surface area contributed by atoms with Gasteiger partial charge in [0.05, 0.1) is 0 Å². The van der Waals surface area contributed by atoms with Crippen LogP contribution in [0.15, 0.2) is 24.3 Å². The van der Waals surface area contributed by atoms with Crippen LogP contribution in [0.4, 0.5) is 10.1 Å². The normalized spacial score (nSPS) is 17.8. The van der Waals surface area contributed by atoms with Gasteiger partial charge >= 0.3 is 5.97 Å². The Bertz CT molecular complexity index is 476. The van der Waals surface area contributed by atoms with Crippen LogP contribution in [-0.2, 0) is 4.79 Å². The average Bonchev–Trinajstić information content (AvgIpc) is 3.19. The fourth-order valence-corrected chi connectivity index (χ4v) is 2.34. The molecule has 104 valence electrons. The summed E-state index contributed by atoms with van der Waals surface area (Å²) < 4.78 is 13.3. The largest absolute Gasteiger partial charge is 0.480 e. The highest BCUT2D eigenvalue weighted by atomic mass is 19.1. The van der Waals surface area contributed by atoms with Crippen LogP contribution in [0.1, 0.15) is 19.8 Å². The molecule has 1 aliphatic rings. The molecule has 1 aliphatic carbocycles. The minimum Gasteiger partial charge on any atom is -0.480 e. The minimum absolute atomic E-state index is 0.0209. The van der Waals surface area contributed by atoms with Crippen molar-refractivity contribution < 1.29 is 14.3 Å². The highest BCUT2D eigenvalue weighted by molar-refractivity contribution is 5.80. The number of hydrogen-bond acceptors (Lipinski definition) is 3. The molecular weight excluding hydrogens is 247 g/mol. The van der Waals surface area contributed by atoms with Gasteiger partial charge in [-0.2, -0.15) is 0 Å². The summed E-state index contributed by atoms with van der Waals surface area (Å²) in [7, 11) is 0. The number of rotatable bonds is 6. The Morgan fingerprint density at radius 2 is 2.26 bits per heavy atom. The van der Waals surface area contributed by atoms with E-state index < -0.39 is 11.5 Å². The van der Waals surface area contributed by atoms with Crippen LogP contribution in [0.25, 0.3) is 0 Å². The molecule has 1 atom stereocenters. The zero-order valence-electron chi connectivity index (χ0n) is 11.0. The molecule has 3 N–H and O–H groups in total. The molecule has 1 aromatic carbocycles. The second-order valence-corrected chi connectivity index (χ2v) is 5.11. The van der Waals surface area contributed by atoms with E-state index in [-0.39, 0.29) is 18.3 Å². The van der Waals surface area contributed by atoms with Crippen molar-refractivity contribution in [2.75, 3.05) is 18.0 Å². The number of likely N-dealkylation sites (N-methyl/N-ethyl adjacent to an activating group) is 1. The Kier molecular flexibility index (Phi) is 3.75. The predicted molar refractivity (Wildman–Crippen MR) is 71.6 cm³/mol. The lowest BCUT2D eigenvalue weighted by Gasteiger charge is -2.33. The first-order valence-electron chi connectivity index (χ1n) is 6.50. The van der Waals surface area contributed by atoms with Crippen molar-refractivity contribution in [2.24, 2.45) is 11.7 Å². The smallest absolute Gasteiger partial charge is 0.325 e. The third kappa shape index (κ3) is 2.87. The van der Waals surface area contributed by atoms with Crippen LogP contribution < -0.4 is 10.6 Å². The fraction of sp³-hybridized carbons (Fsp3) is 0.500. The molecule has 1 aromatic rings. The third-order valence-electron chi connectivity index (χ3n) is 3.71. The van der Waals surface area contributed by atoms with Gasteiger partial charge in [0.2, 0.25) is 0 Å². The first-order chi connectivity index (χ1) is 8.97. The van der Waals surface area contributed by atoms with Gasteiger partial charge in [0, 0.05) is 18.8 Å². The van der Waals surface area contributed by atoms with Gasteiger partial charge in [-0.15, -0.1) is 0 Å². The summed E-state index contributed by atoms with van der Waals surface area (Å²) in [5, 5.41) is 9.36. The van der Waals surface area contributed by atoms with Crippen molar-refractivity contribution in [1.82, 2.24) is 0 Å². The Hall–Kier alpha value is -1.62. The number of hydrogen-bond donors (Lipinski definition) is 2. The zero-order valence-corrected chi connectivity index (χ0v) is 11.0. The molecule has 0 saturated heterocycles. The standard InChI is InChI=1S/C14H19FN2O2/c1-2-17(12-5-3-4-11(15)8-12)9-14(16,13(18)19)10-6-7-10/h3-5,8,10H,2,6-7,9,16H2,1H3,(H,18,19). The molecule has 0 heterocycles. The van der Waals surface area contributed by atoms with Gasteiger partial charge in [-0.05, 0) is 43.9 Å². The van der Waals surface area contributed by atoms with Crippen LogP contribution in [0.5, 0.6) is 0 Å². The molecule has 0 radical (unpaired) electrons. The first-order valence-corrected chi connectivity index (χ1v) is 6.50. The van der Waals surface area contributed by atoms with E-state index in [9.17, 15) is 14.3 Å². The molecule has 19 heavy (non-hydrogen) atoms. The van der Waals surface area contributed by atoms with Gasteiger partial charge < -0.3 is 15.7 Å². The molecule has 0 spiro atoms. The molecule has 1 fully saturated rings. The highest BCUT2D eigenvalue weighted by Crippen LogP contribution is 2.39. The predicted octanol–water partition coefficient (Wildman–Crippen LogP) is 1.84. The number of nitrogens with two attached hydrogens (primary N) is 1. The molecule has 2 rings (SSSR count). The molecule has 0 bridgehead atoms. The first kappa shape index (κ1) is 13.8. The summed E-state index contributed by atoms with van der Waals surface area (Å²) in [6.45, 7) is 2.69. The molecule has 4 nitrogen and oxygen atoms in total. The summed E-state index contributed by atoms with van der Waals surface area (Å²) in [6.07, 6.45) is 1.70. The summed E-state index contributed by atoms with van der Waals surface area (Å²) >= 11 is 0. The van der Waals surface area contributed by atoms with Gasteiger partial charge in [0.15, 0.2) is 0 Å². The zero-order chi connectivity index (χ0) is 14.0. The number of benzene rings is 1. The van der Waals surface area contributed by atoms with Crippen molar-refractivity contribution in [3.05, 3.63) is 30.1 Å². The third-order valence-corrected chi connectivity index (χ3v) is 3.71. The number of nitrogens with zero attached hydrogens (tertiary/aromatic N) is 1. The summed E-state index contributed by atoms with van der Waals surface area (Å²) in [5.74, 6) is -1.29. The van der Waals surface area contributed by atoms with Gasteiger partial charge in [-0.3, -0.25) is 4.79 Å². The molecule has 1 unspecified atom stereocenters. The quantitative estimate of drug-likeness (QED) is 0.824. The number of carbonyl (C=O) groups is 1. The molecule has 0 aromatic heterocycles. The van der Waals surface area contributed by atoms with Crippen LogP contribution in [-0.4, -0.2) is 29.7 Å². The molecular formula is C14H19FN2O2. The van der Waals surface area contributed by atoms with Crippen LogP contribution >= 0.6 is 0 Å². The van der Waals surface area contributed by atoms with Crippen LogP contribution in [0.2, 0.25) is 0 Å². The second kappa shape index (κ2) is 5.17. The van der Waals surface area contributed by atoms with Crippen molar-refractivity contribution in [3.63, 3.8) is 0 Å². The van der Waals surface area contributed by atoms with E-state index in [0.717, 1.165) is 12.8 Å². The SMILES string of the molecule is CCN(CC(N)(C(=O)O)C1CC1)c1cccc(F)c1. The Labute approximate surface area is 112 Å². The van der Waals surface area contributed by atoms with Crippen molar-refractivity contribution in [3.8, 4) is 0 Å². The van der Waals surface area contributed by atoms with Crippen LogP contribution in [0, 0.1) is 11.7 Å². The molecule has 0 aliphatic heterocycles. The fourth-order valence-electron chi connectivity index (χ4n) is 2.34. The van der Waals surface area contributed by atoms with Crippen molar-refractivity contribution in [2.45, 2.75) is 25.3 Å². The Morgan fingerprint density at radius 3 is 2.74 bits per heavy atom. The van der Waals surface area contributed by atoms with E-state index in [1.165, 1.54) is 12.1 Å². The number of aliphatic carboxylic acids is 1. The summed E-state index contributed by atoms with van der Waals surface area (Å²) in [5.41, 5.74) is 5.48. The van der Waals surface area contributed by atoms with Gasteiger partial charge in [-0.1, -0.05) is 6.07 Å². The van der Waals surface area contributed by atoms with E-state index in [0.29, 0.717) is 12.2 Å². The summed E-state index contributed by atoms with van der Waals surface area (Å²) in [4.78, 5) is 13.2. The number of carboxylic acids is 1. The van der Waals surface area contributed by atoms with Crippen molar-refractivity contribution >= 4 is 11.7 Å². The van der Waals surface area contributed by atoms with E-state index >= 15 is 0 Å². The van der Waals surface area contributed by atoms with E-state index in [1.54, 1.807) is 12.1 Å². The number of halogens is 1. The summed E-state index contributed by atoms with van der Waals surface area (Å²) in [6, 6.07) is 6.15. The lowest BCUT2D eigenvalue weighted by Crippen LogP contribution is -2.58. The lowest BCUT2D eigenvalue weighted by atomic mass is 9.93. The maximum absolute atomic E-state index is 13.3. The average molecular weight is 266 g/mol. The lowest BCUT2D eigenvalue weighted by molar-refractivity contribution is -0.143. The molecule has 0 amide bonds. The molecule has 5 heteroatoms. The maximum atomic E-state index is 13.3.